The molecule has 0 saturated heterocycles. The van der Waals surface area contributed by atoms with Gasteiger partial charge >= 0.3 is 0 Å². The number of phosphoric acid groups is 1. The predicted molar refractivity (Wildman–Crippen MR) is 178 cm³/mol. The second kappa shape index (κ2) is 27.5. The van der Waals surface area contributed by atoms with E-state index in [-0.39, 0.29) is 19.1 Å². The third-order valence-electron chi connectivity index (χ3n) is 7.75. The molecule has 0 bridgehead atoms. The van der Waals surface area contributed by atoms with Crippen molar-refractivity contribution in [3.63, 3.8) is 0 Å². The Labute approximate surface area is 265 Å². The highest BCUT2D eigenvalue weighted by Gasteiger charge is 2.23. The normalized spacial score (nSPS) is 15.0. The summed E-state index contributed by atoms with van der Waals surface area (Å²) >= 11 is 0. The van der Waals surface area contributed by atoms with Gasteiger partial charge in [-0.25, -0.2) is 0 Å². The molecule has 0 aromatic rings. The number of likely N-dealkylation sites (N-methyl/N-ethyl adjacent to an activating group) is 1. The van der Waals surface area contributed by atoms with Crippen LogP contribution < -0.4 is 10.2 Å². The number of phosphoric ester groups is 1. The van der Waals surface area contributed by atoms with E-state index in [2.05, 4.69) is 19.2 Å². The highest BCUT2D eigenvalue weighted by atomic mass is 31.2. The molecule has 9 heteroatoms. The van der Waals surface area contributed by atoms with Gasteiger partial charge in [0.25, 0.3) is 7.82 Å². The molecule has 1 amide bonds. The molecule has 0 aromatic carbocycles. The Morgan fingerprint density at radius 1 is 0.791 bits per heavy atom. The number of hydrogen-bond donors (Lipinski definition) is 2. The first-order valence-electron chi connectivity index (χ1n) is 17.6. The smallest absolute Gasteiger partial charge is 0.268 e. The fourth-order valence-electron chi connectivity index (χ4n) is 4.86. The predicted octanol–water partition coefficient (Wildman–Crippen LogP) is 7.83. The first-order valence-corrected chi connectivity index (χ1v) is 19.0. The number of quaternary nitrogens is 1. The molecule has 0 radical (unpaired) electrons. The van der Waals surface area contributed by atoms with Gasteiger partial charge in [0.1, 0.15) is 13.2 Å². The summed E-state index contributed by atoms with van der Waals surface area (Å²) in [6.07, 6.45) is 26.9. The standard InChI is InChI=1S/C34H69N2O6P/c1-6-8-10-12-14-15-16-17-18-19-20-22-23-25-27-33(37)32(31-42-43(39,40)41-30-29-36(3,4)5)35-34(38)28-26-24-21-13-11-9-7-2/h25,27,32-33,37H,6-24,26,28-31H2,1-5H3,(H-,35,38,39,40)/b27-25+/t32-,33+/m1/s1. The minimum absolute atomic E-state index is 0.00105. The van der Waals surface area contributed by atoms with Crippen molar-refractivity contribution >= 4 is 13.7 Å². The molecule has 0 aliphatic carbocycles. The van der Waals surface area contributed by atoms with Crippen LogP contribution in [0.25, 0.3) is 0 Å². The first kappa shape index (κ1) is 42.2. The van der Waals surface area contributed by atoms with Crippen molar-refractivity contribution in [3.8, 4) is 0 Å². The van der Waals surface area contributed by atoms with E-state index in [0.717, 1.165) is 38.5 Å². The zero-order chi connectivity index (χ0) is 32.2. The zero-order valence-electron chi connectivity index (χ0n) is 28.7. The molecule has 8 nitrogen and oxygen atoms in total. The van der Waals surface area contributed by atoms with Crippen molar-refractivity contribution < 1.29 is 32.9 Å². The highest BCUT2D eigenvalue weighted by Crippen LogP contribution is 2.38. The Bertz CT molecular complexity index is 728. The molecule has 0 spiro atoms. The van der Waals surface area contributed by atoms with Gasteiger partial charge < -0.3 is 28.8 Å². The van der Waals surface area contributed by atoms with E-state index in [1.54, 1.807) is 6.08 Å². The molecule has 0 heterocycles. The number of rotatable bonds is 31. The molecule has 0 saturated carbocycles. The Morgan fingerprint density at radius 3 is 1.74 bits per heavy atom. The summed E-state index contributed by atoms with van der Waals surface area (Å²) in [6.45, 7) is 4.57. The second-order valence-corrected chi connectivity index (χ2v) is 14.6. The molecule has 0 rings (SSSR count). The number of carbonyl (C=O) groups is 1. The van der Waals surface area contributed by atoms with Crippen molar-refractivity contribution in [2.75, 3.05) is 40.9 Å². The summed E-state index contributed by atoms with van der Waals surface area (Å²) in [7, 11) is 1.26. The number of allylic oxidation sites excluding steroid dienone is 1. The summed E-state index contributed by atoms with van der Waals surface area (Å²) in [5, 5.41) is 13.6. The minimum Gasteiger partial charge on any atom is -0.756 e. The fraction of sp³-hybridized carbons (Fsp3) is 0.912. The van der Waals surface area contributed by atoms with Crippen molar-refractivity contribution in [3.05, 3.63) is 12.2 Å². The quantitative estimate of drug-likeness (QED) is 0.0349. The maximum absolute atomic E-state index is 12.6. The van der Waals surface area contributed by atoms with Crippen LogP contribution in [0.4, 0.5) is 0 Å². The van der Waals surface area contributed by atoms with Crippen molar-refractivity contribution in [1.29, 1.82) is 0 Å². The second-order valence-electron chi connectivity index (χ2n) is 13.2. The molecule has 0 fully saturated rings. The van der Waals surface area contributed by atoms with Crippen molar-refractivity contribution in [2.24, 2.45) is 0 Å². The Morgan fingerprint density at radius 2 is 1.26 bits per heavy atom. The molecule has 0 aromatic heterocycles. The summed E-state index contributed by atoms with van der Waals surface area (Å²) in [4.78, 5) is 24.9. The maximum atomic E-state index is 12.6. The van der Waals surface area contributed by atoms with Gasteiger partial charge in [0.15, 0.2) is 0 Å². The number of unbranched alkanes of at least 4 members (excludes halogenated alkanes) is 18. The molecule has 0 aliphatic rings. The molecule has 43 heavy (non-hydrogen) atoms. The fourth-order valence-corrected chi connectivity index (χ4v) is 5.58. The maximum Gasteiger partial charge on any atom is 0.268 e. The number of amides is 1. The number of hydrogen-bond acceptors (Lipinski definition) is 6. The van der Waals surface area contributed by atoms with Gasteiger partial charge in [-0.1, -0.05) is 135 Å². The van der Waals surface area contributed by atoms with Crippen LogP contribution in [0.3, 0.4) is 0 Å². The van der Waals surface area contributed by atoms with Gasteiger partial charge in [0.2, 0.25) is 5.91 Å². The van der Waals surface area contributed by atoms with Crippen LogP contribution in [0.5, 0.6) is 0 Å². The van der Waals surface area contributed by atoms with Crippen LogP contribution >= 0.6 is 7.82 Å². The number of aliphatic hydroxyl groups excluding tert-OH is 1. The molecular formula is C34H69N2O6P. The van der Waals surface area contributed by atoms with E-state index in [4.69, 9.17) is 9.05 Å². The number of carbonyl (C=O) groups excluding carboxylic acids is 1. The molecule has 0 aliphatic heterocycles. The van der Waals surface area contributed by atoms with Gasteiger partial charge in [0, 0.05) is 6.42 Å². The minimum atomic E-state index is -4.56. The zero-order valence-corrected chi connectivity index (χ0v) is 29.6. The monoisotopic (exact) mass is 632 g/mol. The summed E-state index contributed by atoms with van der Waals surface area (Å²) in [5.74, 6) is -0.206. The van der Waals surface area contributed by atoms with Crippen molar-refractivity contribution in [1.82, 2.24) is 5.32 Å². The van der Waals surface area contributed by atoms with Gasteiger partial charge in [0.05, 0.1) is 39.9 Å². The average molecular weight is 633 g/mol. The van der Waals surface area contributed by atoms with E-state index >= 15 is 0 Å². The first-order chi connectivity index (χ1) is 20.5. The van der Waals surface area contributed by atoms with Gasteiger partial charge in [-0.05, 0) is 19.3 Å². The van der Waals surface area contributed by atoms with E-state index in [0.29, 0.717) is 17.4 Å². The lowest BCUT2D eigenvalue weighted by atomic mass is 10.0. The van der Waals surface area contributed by atoms with E-state index in [1.165, 1.54) is 89.9 Å². The Hall–Kier alpha value is -0.760. The third-order valence-corrected chi connectivity index (χ3v) is 8.71. The topological polar surface area (TPSA) is 108 Å². The van der Waals surface area contributed by atoms with Gasteiger partial charge in [-0.2, -0.15) is 0 Å². The SMILES string of the molecule is CCCCCCCCCCCCCC/C=C/[C@H](O)[C@@H](COP(=O)([O-])OCC[N+](C)(C)C)NC(=O)CCCCCCCCC. The van der Waals surface area contributed by atoms with Crippen LogP contribution in [0.1, 0.15) is 149 Å². The summed E-state index contributed by atoms with van der Waals surface area (Å²) in [5.41, 5.74) is 0. The lowest BCUT2D eigenvalue weighted by molar-refractivity contribution is -0.870. The van der Waals surface area contributed by atoms with Gasteiger partial charge in [-0.3, -0.25) is 9.36 Å². The Balaban J connectivity index is 4.54. The molecule has 1 unspecified atom stereocenters. The number of aliphatic hydroxyl groups is 1. The van der Waals surface area contributed by atoms with E-state index < -0.39 is 20.0 Å². The molecular weight excluding hydrogens is 563 g/mol. The number of nitrogens with zero attached hydrogens (tertiary/aromatic N) is 1. The molecule has 3 atom stereocenters. The van der Waals surface area contributed by atoms with Crippen LogP contribution in [0.15, 0.2) is 12.2 Å². The summed E-state index contributed by atoms with van der Waals surface area (Å²) in [6, 6.07) is -0.875. The summed E-state index contributed by atoms with van der Waals surface area (Å²) < 4.78 is 23.0. The third kappa shape index (κ3) is 29.7. The molecule has 256 valence electrons. The van der Waals surface area contributed by atoms with Crippen LogP contribution in [-0.2, 0) is 18.4 Å². The van der Waals surface area contributed by atoms with E-state index in [1.807, 2.05) is 27.2 Å². The number of nitrogens with one attached hydrogen (secondary N) is 1. The lowest BCUT2D eigenvalue weighted by Gasteiger charge is -2.29. The van der Waals surface area contributed by atoms with E-state index in [9.17, 15) is 19.4 Å². The average Bonchev–Trinajstić information content (AvgIpc) is 2.94. The van der Waals surface area contributed by atoms with Gasteiger partial charge in [-0.15, -0.1) is 0 Å². The van der Waals surface area contributed by atoms with Crippen LogP contribution in [-0.4, -0.2) is 68.5 Å². The molecule has 2 N–H and O–H groups in total. The van der Waals surface area contributed by atoms with Crippen molar-refractivity contribution in [2.45, 2.75) is 161 Å². The Kier molecular flexibility index (Phi) is 27.1. The highest BCUT2D eigenvalue weighted by molar-refractivity contribution is 7.45. The lowest BCUT2D eigenvalue weighted by Crippen LogP contribution is -2.45. The van der Waals surface area contributed by atoms with Crippen LogP contribution in [0.2, 0.25) is 0 Å². The van der Waals surface area contributed by atoms with Crippen LogP contribution in [0, 0.1) is 0 Å². The largest absolute Gasteiger partial charge is 0.756 e.